The summed E-state index contributed by atoms with van der Waals surface area (Å²) >= 11 is 5.97. The van der Waals surface area contributed by atoms with Gasteiger partial charge in [-0.1, -0.05) is 17.7 Å². The number of halogens is 2. The maximum atomic E-state index is 13.4. The molecule has 1 aliphatic heterocycles. The second-order valence-corrected chi connectivity index (χ2v) is 11.0. The molecule has 0 aromatic heterocycles. The van der Waals surface area contributed by atoms with E-state index < -0.39 is 44.0 Å². The predicted octanol–water partition coefficient (Wildman–Crippen LogP) is 2.58. The predicted molar refractivity (Wildman–Crippen MR) is 121 cm³/mol. The molecule has 1 saturated heterocycles. The summed E-state index contributed by atoms with van der Waals surface area (Å²) in [6.07, 6.45) is -0.335. The number of ether oxygens (including phenoxy) is 1. The van der Waals surface area contributed by atoms with E-state index in [-0.39, 0.29) is 35.2 Å². The summed E-state index contributed by atoms with van der Waals surface area (Å²) in [4.78, 5) is 24.6. The smallest absolute Gasteiger partial charge is 0.339 e. The Morgan fingerprint density at radius 1 is 1.24 bits per heavy atom. The number of carbonyl (C=O) groups is 2. The molecule has 12 heteroatoms. The Kier molecular flexibility index (Phi) is 6.84. The van der Waals surface area contributed by atoms with E-state index in [0.29, 0.717) is 5.56 Å². The third kappa shape index (κ3) is 4.30. The van der Waals surface area contributed by atoms with E-state index in [0.717, 1.165) is 11.0 Å². The van der Waals surface area contributed by atoms with Gasteiger partial charge in [0.15, 0.2) is 9.84 Å². The van der Waals surface area contributed by atoms with Crippen LogP contribution < -0.4 is 10.5 Å². The largest absolute Gasteiger partial charge is 0.489 e. The Morgan fingerprint density at radius 2 is 1.85 bits per heavy atom. The highest BCUT2D eigenvalue weighted by molar-refractivity contribution is 7.92. The van der Waals surface area contributed by atoms with Gasteiger partial charge >= 0.3 is 12.0 Å². The van der Waals surface area contributed by atoms with Gasteiger partial charge in [-0.3, -0.25) is 0 Å². The van der Waals surface area contributed by atoms with E-state index in [1.165, 1.54) is 50.2 Å². The highest BCUT2D eigenvalue weighted by Crippen LogP contribution is 2.42. The zero-order valence-corrected chi connectivity index (χ0v) is 19.9. The lowest BCUT2D eigenvalue weighted by molar-refractivity contribution is -0.179. The van der Waals surface area contributed by atoms with Crippen LogP contribution >= 0.6 is 11.6 Å². The van der Waals surface area contributed by atoms with Crippen LogP contribution in [-0.4, -0.2) is 58.5 Å². The molecule has 0 spiro atoms. The van der Waals surface area contributed by atoms with Crippen molar-refractivity contribution in [2.75, 3.05) is 6.54 Å². The second kappa shape index (κ2) is 9.05. The number of primary amides is 1. The van der Waals surface area contributed by atoms with Crippen molar-refractivity contribution >= 4 is 33.4 Å². The van der Waals surface area contributed by atoms with E-state index in [2.05, 4.69) is 0 Å². The monoisotopic (exact) mass is 514 g/mol. The number of amides is 2. The summed E-state index contributed by atoms with van der Waals surface area (Å²) in [6.45, 7) is 2.36. The number of aliphatic carboxylic acids is 1. The number of sulfone groups is 1. The topological polar surface area (TPSA) is 147 Å². The number of carbonyl (C=O) groups excluding carboxylic acids is 1. The Labute approximate surface area is 200 Å². The molecular formula is C22H24ClFN2O7S. The molecule has 1 heterocycles. The first kappa shape index (κ1) is 25.7. The van der Waals surface area contributed by atoms with Crippen LogP contribution in [-0.2, 0) is 21.2 Å². The second-order valence-electron chi connectivity index (χ2n) is 8.44. The first-order chi connectivity index (χ1) is 15.7. The fourth-order valence-corrected chi connectivity index (χ4v) is 6.51. The van der Waals surface area contributed by atoms with Crippen molar-refractivity contribution in [3.05, 3.63) is 58.9 Å². The lowest BCUT2D eigenvalue weighted by Crippen LogP contribution is -2.75. The van der Waals surface area contributed by atoms with Crippen LogP contribution in [0.15, 0.2) is 47.4 Å². The number of piperidine rings is 1. The van der Waals surface area contributed by atoms with Gasteiger partial charge in [-0.15, -0.1) is 0 Å². The number of carboxylic acids is 1. The number of rotatable bonds is 6. The van der Waals surface area contributed by atoms with Crippen molar-refractivity contribution < 1.29 is 37.3 Å². The number of hydrogen-bond donors (Lipinski definition) is 3. The third-order valence-corrected chi connectivity index (χ3v) is 8.82. The van der Waals surface area contributed by atoms with Crippen molar-refractivity contribution in [3.63, 3.8) is 0 Å². The van der Waals surface area contributed by atoms with Gasteiger partial charge in [0.25, 0.3) is 0 Å². The molecule has 2 aromatic carbocycles. The average molecular weight is 515 g/mol. The van der Waals surface area contributed by atoms with E-state index >= 15 is 0 Å². The highest BCUT2D eigenvalue weighted by Gasteiger charge is 2.65. The fraction of sp³-hybridized carbons (Fsp3) is 0.364. The van der Waals surface area contributed by atoms with Crippen LogP contribution in [0.25, 0.3) is 0 Å². The van der Waals surface area contributed by atoms with Crippen molar-refractivity contribution in [2.45, 2.75) is 48.2 Å². The van der Waals surface area contributed by atoms with Gasteiger partial charge in [-0.25, -0.2) is 22.4 Å². The van der Waals surface area contributed by atoms with E-state index in [9.17, 15) is 32.6 Å². The summed E-state index contributed by atoms with van der Waals surface area (Å²) in [5, 5.41) is 19.4. The standard InChI is InChI=1S/C22H24ClFN2O7S/c1-21(2)22(30,19(27)28)18(9-10-26(21)20(25)29)34(31,32)16-7-5-15(6-8-16)33-12-13-3-4-14(24)11-17(13)23/h3-8,11,18,30H,9-10,12H2,1-2H3,(H2,25,29)(H,27,28). The summed E-state index contributed by atoms with van der Waals surface area (Å²) in [5.41, 5.74) is 1.22. The third-order valence-electron chi connectivity index (χ3n) is 6.22. The van der Waals surface area contributed by atoms with Gasteiger partial charge in [0.2, 0.25) is 5.60 Å². The molecule has 2 atom stereocenters. The Bertz CT molecular complexity index is 1220. The number of urea groups is 1. The number of aliphatic hydroxyl groups is 1. The minimum absolute atomic E-state index is 0.00371. The number of nitrogens with zero attached hydrogens (tertiary/aromatic N) is 1. The van der Waals surface area contributed by atoms with Gasteiger partial charge in [-0.05, 0) is 56.7 Å². The minimum atomic E-state index is -4.36. The molecule has 184 valence electrons. The van der Waals surface area contributed by atoms with Gasteiger partial charge in [0.1, 0.15) is 23.4 Å². The van der Waals surface area contributed by atoms with Crippen molar-refractivity contribution in [3.8, 4) is 5.75 Å². The fourth-order valence-electron chi connectivity index (χ4n) is 4.19. The van der Waals surface area contributed by atoms with Gasteiger partial charge < -0.3 is 25.6 Å². The van der Waals surface area contributed by atoms with Crippen molar-refractivity contribution in [2.24, 2.45) is 5.73 Å². The number of carboxylic acid groups (broad SMARTS) is 1. The zero-order chi connectivity index (χ0) is 25.5. The molecule has 9 nitrogen and oxygen atoms in total. The van der Waals surface area contributed by atoms with Crippen molar-refractivity contribution in [1.82, 2.24) is 4.90 Å². The van der Waals surface area contributed by atoms with Crippen molar-refractivity contribution in [1.29, 1.82) is 0 Å². The van der Waals surface area contributed by atoms with E-state index in [1.807, 2.05) is 0 Å². The van der Waals surface area contributed by atoms with Crippen LogP contribution in [0.1, 0.15) is 25.8 Å². The lowest BCUT2D eigenvalue weighted by Gasteiger charge is -2.53. The van der Waals surface area contributed by atoms with Gasteiger partial charge in [-0.2, -0.15) is 0 Å². The normalized spacial score (nSPS) is 22.3. The first-order valence-corrected chi connectivity index (χ1v) is 12.1. The van der Waals surface area contributed by atoms with Crippen LogP contribution in [0, 0.1) is 5.82 Å². The molecule has 2 amide bonds. The molecule has 34 heavy (non-hydrogen) atoms. The molecule has 2 unspecified atom stereocenters. The molecule has 4 N–H and O–H groups in total. The molecule has 0 saturated carbocycles. The molecule has 1 aliphatic rings. The number of likely N-dealkylation sites (tertiary alicyclic amines) is 1. The Hall–Kier alpha value is -2.89. The molecule has 0 bridgehead atoms. The average Bonchev–Trinajstić information content (AvgIpc) is 2.74. The van der Waals surface area contributed by atoms with Crippen LogP contribution in [0.2, 0.25) is 5.02 Å². The number of benzene rings is 2. The van der Waals surface area contributed by atoms with Gasteiger partial charge in [0.05, 0.1) is 15.5 Å². The SMILES string of the molecule is CC1(C)N(C(N)=O)CCC(S(=O)(=O)c2ccc(OCc3ccc(F)cc3Cl)cc2)C1(O)C(=O)O. The van der Waals surface area contributed by atoms with Crippen LogP contribution in [0.5, 0.6) is 5.75 Å². The molecule has 2 aromatic rings. The first-order valence-electron chi connectivity index (χ1n) is 10.2. The molecular weight excluding hydrogens is 491 g/mol. The molecule has 1 fully saturated rings. The Morgan fingerprint density at radius 3 is 2.38 bits per heavy atom. The van der Waals surface area contributed by atoms with E-state index in [4.69, 9.17) is 22.1 Å². The highest BCUT2D eigenvalue weighted by atomic mass is 35.5. The quantitative estimate of drug-likeness (QED) is 0.536. The Balaban J connectivity index is 1.87. The van der Waals surface area contributed by atoms with E-state index in [1.54, 1.807) is 0 Å². The molecule has 0 radical (unpaired) electrons. The number of nitrogens with two attached hydrogens (primary N) is 1. The lowest BCUT2D eigenvalue weighted by atomic mass is 9.74. The summed E-state index contributed by atoms with van der Waals surface area (Å²) in [6, 6.07) is 8.06. The maximum absolute atomic E-state index is 13.4. The summed E-state index contributed by atoms with van der Waals surface area (Å²) in [5.74, 6) is -1.99. The molecule has 3 rings (SSSR count). The zero-order valence-electron chi connectivity index (χ0n) is 18.4. The molecule has 0 aliphatic carbocycles. The minimum Gasteiger partial charge on any atom is -0.489 e. The van der Waals surface area contributed by atoms with Crippen LogP contribution in [0.3, 0.4) is 0 Å². The van der Waals surface area contributed by atoms with Gasteiger partial charge in [0, 0.05) is 12.1 Å². The van der Waals surface area contributed by atoms with Crippen LogP contribution in [0.4, 0.5) is 9.18 Å². The summed E-state index contributed by atoms with van der Waals surface area (Å²) in [7, 11) is -4.36. The summed E-state index contributed by atoms with van der Waals surface area (Å²) < 4.78 is 45.5. The number of hydrogen-bond acceptors (Lipinski definition) is 6. The maximum Gasteiger partial charge on any atom is 0.339 e.